The molecule has 0 aliphatic heterocycles. The zero-order valence-corrected chi connectivity index (χ0v) is 10.9. The molecule has 1 aliphatic carbocycles. The molecule has 0 heterocycles. The third-order valence-electron chi connectivity index (χ3n) is 3.93. The predicted molar refractivity (Wildman–Crippen MR) is 67.0 cm³/mol. The van der Waals surface area contributed by atoms with E-state index < -0.39 is 0 Å². The highest BCUT2D eigenvalue weighted by molar-refractivity contribution is 5.78. The van der Waals surface area contributed by atoms with Crippen molar-refractivity contribution in [1.82, 2.24) is 4.90 Å². The molecule has 2 N–H and O–H groups in total. The Bertz CT molecular complexity index is 230. The van der Waals surface area contributed by atoms with Crippen molar-refractivity contribution >= 4 is 5.91 Å². The Kier molecular flexibility index (Phi) is 5.26. The Hall–Kier alpha value is -0.570. The van der Waals surface area contributed by atoms with Gasteiger partial charge in [0.1, 0.15) is 0 Å². The van der Waals surface area contributed by atoms with Gasteiger partial charge < -0.3 is 10.6 Å². The summed E-state index contributed by atoms with van der Waals surface area (Å²) >= 11 is 0. The second-order valence-electron chi connectivity index (χ2n) is 5.26. The van der Waals surface area contributed by atoms with Crippen LogP contribution >= 0.6 is 0 Å². The first-order valence-corrected chi connectivity index (χ1v) is 6.54. The average molecular weight is 226 g/mol. The first-order chi connectivity index (χ1) is 7.57. The van der Waals surface area contributed by atoms with Crippen LogP contribution < -0.4 is 5.73 Å². The van der Waals surface area contributed by atoms with Crippen LogP contribution in [0.25, 0.3) is 0 Å². The molecule has 0 aromatic carbocycles. The number of nitrogens with two attached hydrogens (primary N) is 1. The van der Waals surface area contributed by atoms with Crippen molar-refractivity contribution < 1.29 is 4.79 Å². The Labute approximate surface area is 99.4 Å². The van der Waals surface area contributed by atoms with Gasteiger partial charge in [0.2, 0.25) is 5.91 Å². The third kappa shape index (κ3) is 3.21. The standard InChI is InChI=1S/C13H26N2O/c1-10-6-4-5-7-12(10)15(3)13(16)11(2)8-9-14/h10-12H,4-9,14H2,1-3H3. The number of amides is 1. The fraction of sp³-hybridized carbons (Fsp3) is 0.923. The Morgan fingerprint density at radius 1 is 1.44 bits per heavy atom. The van der Waals surface area contributed by atoms with E-state index in [1.54, 1.807) is 0 Å². The monoisotopic (exact) mass is 226 g/mol. The van der Waals surface area contributed by atoms with Gasteiger partial charge in [0.25, 0.3) is 0 Å². The molecule has 3 heteroatoms. The van der Waals surface area contributed by atoms with Crippen LogP contribution in [-0.2, 0) is 4.79 Å². The quantitative estimate of drug-likeness (QED) is 0.797. The van der Waals surface area contributed by atoms with Crippen molar-refractivity contribution in [3.8, 4) is 0 Å². The molecule has 0 saturated heterocycles. The molecule has 0 aromatic heterocycles. The minimum atomic E-state index is 0.0733. The van der Waals surface area contributed by atoms with E-state index in [-0.39, 0.29) is 11.8 Å². The fourth-order valence-electron chi connectivity index (χ4n) is 2.76. The summed E-state index contributed by atoms with van der Waals surface area (Å²) in [5, 5.41) is 0. The van der Waals surface area contributed by atoms with Gasteiger partial charge >= 0.3 is 0 Å². The highest BCUT2D eigenvalue weighted by atomic mass is 16.2. The molecule has 16 heavy (non-hydrogen) atoms. The minimum absolute atomic E-state index is 0.0733. The van der Waals surface area contributed by atoms with E-state index in [1.807, 2.05) is 18.9 Å². The zero-order valence-electron chi connectivity index (χ0n) is 10.9. The number of carbonyl (C=O) groups is 1. The van der Waals surface area contributed by atoms with Crippen LogP contribution in [0.1, 0.15) is 46.0 Å². The molecule has 0 bridgehead atoms. The topological polar surface area (TPSA) is 46.3 Å². The summed E-state index contributed by atoms with van der Waals surface area (Å²) in [6.07, 6.45) is 5.80. The van der Waals surface area contributed by atoms with Gasteiger partial charge in [0.05, 0.1) is 0 Å². The summed E-state index contributed by atoms with van der Waals surface area (Å²) in [5.41, 5.74) is 5.50. The SMILES string of the molecule is CC(CCN)C(=O)N(C)C1CCCCC1C. The molecule has 0 radical (unpaired) electrons. The van der Waals surface area contributed by atoms with Crippen molar-refractivity contribution in [3.05, 3.63) is 0 Å². The molecule has 1 rings (SSSR count). The van der Waals surface area contributed by atoms with Crippen LogP contribution in [0.15, 0.2) is 0 Å². The fourth-order valence-corrected chi connectivity index (χ4v) is 2.76. The summed E-state index contributed by atoms with van der Waals surface area (Å²) in [4.78, 5) is 14.1. The van der Waals surface area contributed by atoms with Gasteiger partial charge in [0, 0.05) is 19.0 Å². The molecule has 1 saturated carbocycles. The number of hydrogen-bond acceptors (Lipinski definition) is 2. The van der Waals surface area contributed by atoms with Crippen molar-refractivity contribution in [2.24, 2.45) is 17.6 Å². The third-order valence-corrected chi connectivity index (χ3v) is 3.93. The summed E-state index contributed by atoms with van der Waals surface area (Å²) < 4.78 is 0. The first-order valence-electron chi connectivity index (χ1n) is 6.54. The molecule has 3 unspecified atom stereocenters. The lowest BCUT2D eigenvalue weighted by Gasteiger charge is -2.37. The summed E-state index contributed by atoms with van der Waals surface area (Å²) in [6, 6.07) is 0.446. The minimum Gasteiger partial charge on any atom is -0.342 e. The maximum Gasteiger partial charge on any atom is 0.225 e. The molecular weight excluding hydrogens is 200 g/mol. The average Bonchev–Trinajstić information content (AvgIpc) is 2.28. The first kappa shape index (κ1) is 13.5. The van der Waals surface area contributed by atoms with E-state index in [0.717, 1.165) is 6.42 Å². The maximum atomic E-state index is 12.1. The molecule has 94 valence electrons. The molecule has 1 aliphatic rings. The van der Waals surface area contributed by atoms with Gasteiger partial charge in [-0.3, -0.25) is 4.79 Å². The summed E-state index contributed by atoms with van der Waals surface area (Å²) in [6.45, 7) is 4.85. The Morgan fingerprint density at radius 3 is 2.62 bits per heavy atom. The van der Waals surface area contributed by atoms with Crippen LogP contribution in [0.4, 0.5) is 0 Å². The van der Waals surface area contributed by atoms with Gasteiger partial charge in [-0.25, -0.2) is 0 Å². The van der Waals surface area contributed by atoms with Crippen LogP contribution in [0.2, 0.25) is 0 Å². The van der Waals surface area contributed by atoms with Crippen molar-refractivity contribution in [2.45, 2.75) is 52.0 Å². The molecular formula is C13H26N2O. The van der Waals surface area contributed by atoms with Crippen LogP contribution in [0.3, 0.4) is 0 Å². The molecule has 1 amide bonds. The normalized spacial score (nSPS) is 27.5. The van der Waals surface area contributed by atoms with E-state index in [4.69, 9.17) is 5.73 Å². The van der Waals surface area contributed by atoms with Crippen LogP contribution in [0.5, 0.6) is 0 Å². The van der Waals surface area contributed by atoms with Gasteiger partial charge in [-0.1, -0.05) is 26.7 Å². The van der Waals surface area contributed by atoms with E-state index >= 15 is 0 Å². The van der Waals surface area contributed by atoms with Gasteiger partial charge in [0.15, 0.2) is 0 Å². The molecule has 3 nitrogen and oxygen atoms in total. The molecule has 1 fully saturated rings. The van der Waals surface area contributed by atoms with Crippen LogP contribution in [0, 0.1) is 11.8 Å². The summed E-state index contributed by atoms with van der Waals surface area (Å²) in [5.74, 6) is 0.987. The maximum absolute atomic E-state index is 12.1. The van der Waals surface area contributed by atoms with E-state index in [2.05, 4.69) is 6.92 Å². The lowest BCUT2D eigenvalue weighted by atomic mass is 9.84. The molecule has 3 atom stereocenters. The van der Waals surface area contributed by atoms with Crippen LogP contribution in [-0.4, -0.2) is 30.4 Å². The second-order valence-corrected chi connectivity index (χ2v) is 5.26. The highest BCUT2D eigenvalue weighted by Gasteiger charge is 2.29. The summed E-state index contributed by atoms with van der Waals surface area (Å²) in [7, 11) is 1.96. The predicted octanol–water partition coefficient (Wildman–Crippen LogP) is 2.01. The largest absolute Gasteiger partial charge is 0.342 e. The number of rotatable bonds is 4. The molecule has 0 spiro atoms. The van der Waals surface area contributed by atoms with Gasteiger partial charge in [-0.15, -0.1) is 0 Å². The lowest BCUT2D eigenvalue weighted by Crippen LogP contribution is -2.45. The number of nitrogens with zero attached hydrogens (tertiary/aromatic N) is 1. The van der Waals surface area contributed by atoms with Gasteiger partial charge in [-0.2, -0.15) is 0 Å². The second kappa shape index (κ2) is 6.24. The number of carbonyl (C=O) groups excluding carboxylic acids is 1. The van der Waals surface area contributed by atoms with Gasteiger partial charge in [-0.05, 0) is 31.7 Å². The van der Waals surface area contributed by atoms with E-state index in [1.165, 1.54) is 25.7 Å². The molecule has 0 aromatic rings. The lowest BCUT2D eigenvalue weighted by molar-refractivity contribution is -0.137. The van der Waals surface area contributed by atoms with E-state index in [0.29, 0.717) is 18.5 Å². The smallest absolute Gasteiger partial charge is 0.225 e. The number of hydrogen-bond donors (Lipinski definition) is 1. The van der Waals surface area contributed by atoms with E-state index in [9.17, 15) is 4.79 Å². The zero-order chi connectivity index (χ0) is 12.1. The Balaban J connectivity index is 2.54. The van der Waals surface area contributed by atoms with Crippen molar-refractivity contribution in [1.29, 1.82) is 0 Å². The highest BCUT2D eigenvalue weighted by Crippen LogP contribution is 2.28. The Morgan fingerprint density at radius 2 is 2.06 bits per heavy atom. The van der Waals surface area contributed by atoms with Crippen molar-refractivity contribution in [3.63, 3.8) is 0 Å². The van der Waals surface area contributed by atoms with Crippen molar-refractivity contribution in [2.75, 3.05) is 13.6 Å².